The highest BCUT2D eigenvalue weighted by atomic mass is 79.9. The fourth-order valence-electron chi connectivity index (χ4n) is 1.10. The number of alkyl halides is 1. The van der Waals surface area contributed by atoms with Gasteiger partial charge in [-0.25, -0.2) is 0 Å². The van der Waals surface area contributed by atoms with E-state index in [1.807, 2.05) is 24.3 Å². The molecule has 0 aliphatic heterocycles. The van der Waals surface area contributed by atoms with E-state index in [9.17, 15) is 0 Å². The summed E-state index contributed by atoms with van der Waals surface area (Å²) in [5.74, 6) is 0.809. The van der Waals surface area contributed by atoms with E-state index in [4.69, 9.17) is 16.3 Å². The van der Waals surface area contributed by atoms with Gasteiger partial charge in [-0.3, -0.25) is 0 Å². The first-order valence-corrected chi connectivity index (χ1v) is 5.84. The Morgan fingerprint density at radius 3 is 2.93 bits per heavy atom. The Morgan fingerprint density at radius 2 is 2.29 bits per heavy atom. The van der Waals surface area contributed by atoms with Crippen LogP contribution in [0.5, 0.6) is 5.75 Å². The van der Waals surface area contributed by atoms with E-state index in [2.05, 4.69) is 22.0 Å². The van der Waals surface area contributed by atoms with Crippen molar-refractivity contribution in [1.29, 1.82) is 0 Å². The van der Waals surface area contributed by atoms with Crippen LogP contribution in [0.3, 0.4) is 0 Å². The molecular formula is C11H12BrClO. The van der Waals surface area contributed by atoms with Crippen molar-refractivity contribution in [3.63, 3.8) is 0 Å². The lowest BCUT2D eigenvalue weighted by Gasteiger charge is -2.04. The fraction of sp³-hybridized carbons (Fsp3) is 0.273. The first kappa shape index (κ1) is 11.6. The second-order valence-corrected chi connectivity index (χ2v) is 4.00. The molecule has 0 atom stereocenters. The van der Waals surface area contributed by atoms with Crippen molar-refractivity contribution >= 4 is 33.6 Å². The van der Waals surface area contributed by atoms with Gasteiger partial charge < -0.3 is 4.74 Å². The summed E-state index contributed by atoms with van der Waals surface area (Å²) in [4.78, 5) is 0. The molecule has 1 rings (SSSR count). The summed E-state index contributed by atoms with van der Waals surface area (Å²) < 4.78 is 5.21. The largest absolute Gasteiger partial charge is 0.496 e. The number of rotatable bonds is 4. The van der Waals surface area contributed by atoms with Crippen molar-refractivity contribution in [2.45, 2.75) is 6.42 Å². The van der Waals surface area contributed by atoms with Crippen molar-refractivity contribution in [3.05, 3.63) is 34.9 Å². The monoisotopic (exact) mass is 274 g/mol. The van der Waals surface area contributed by atoms with Gasteiger partial charge in [0.2, 0.25) is 0 Å². The van der Waals surface area contributed by atoms with Gasteiger partial charge >= 0.3 is 0 Å². The maximum absolute atomic E-state index is 5.85. The van der Waals surface area contributed by atoms with E-state index < -0.39 is 0 Å². The molecule has 0 aliphatic rings. The molecule has 0 unspecified atom stereocenters. The smallest absolute Gasteiger partial charge is 0.127 e. The van der Waals surface area contributed by atoms with Gasteiger partial charge in [0.1, 0.15) is 5.75 Å². The average molecular weight is 276 g/mol. The molecule has 3 heteroatoms. The Kier molecular flexibility index (Phi) is 5.05. The predicted octanol–water partition coefficient (Wildman–Crippen LogP) is 4.15. The molecule has 0 bridgehead atoms. The Balaban J connectivity index is 2.85. The lowest BCUT2D eigenvalue weighted by Crippen LogP contribution is -1.86. The standard InChI is InChI=1S/C11H12BrClO/c1-14-11-8-10(13)6-5-9(11)4-2-3-7-12/h2,4-6,8H,3,7H2,1H3. The third-order valence-electron chi connectivity index (χ3n) is 1.77. The second-order valence-electron chi connectivity index (χ2n) is 2.77. The van der Waals surface area contributed by atoms with E-state index in [0.717, 1.165) is 23.1 Å². The molecule has 0 aliphatic carbocycles. The normalized spacial score (nSPS) is 10.8. The van der Waals surface area contributed by atoms with Gasteiger partial charge in [-0.2, -0.15) is 0 Å². The van der Waals surface area contributed by atoms with Gasteiger partial charge in [0.25, 0.3) is 0 Å². The van der Waals surface area contributed by atoms with Crippen LogP contribution in [-0.2, 0) is 0 Å². The number of methoxy groups -OCH3 is 1. The summed E-state index contributed by atoms with van der Waals surface area (Å²) in [7, 11) is 1.65. The van der Waals surface area contributed by atoms with Gasteiger partial charge in [-0.15, -0.1) is 0 Å². The first-order valence-electron chi connectivity index (χ1n) is 4.34. The molecule has 0 fully saturated rings. The minimum atomic E-state index is 0.694. The quantitative estimate of drug-likeness (QED) is 0.750. The highest BCUT2D eigenvalue weighted by Crippen LogP contribution is 2.24. The second kappa shape index (κ2) is 6.10. The number of hydrogen-bond acceptors (Lipinski definition) is 1. The van der Waals surface area contributed by atoms with E-state index in [1.165, 1.54) is 0 Å². The van der Waals surface area contributed by atoms with Crippen LogP contribution < -0.4 is 4.74 Å². The lowest BCUT2D eigenvalue weighted by atomic mass is 10.2. The summed E-state index contributed by atoms with van der Waals surface area (Å²) in [6.07, 6.45) is 5.14. The van der Waals surface area contributed by atoms with Crippen LogP contribution in [0.15, 0.2) is 24.3 Å². The Morgan fingerprint density at radius 1 is 1.50 bits per heavy atom. The molecule has 1 nitrogen and oxygen atoms in total. The Hall–Kier alpha value is -0.470. The van der Waals surface area contributed by atoms with Crippen LogP contribution in [0.4, 0.5) is 0 Å². The van der Waals surface area contributed by atoms with Crippen molar-refractivity contribution < 1.29 is 4.74 Å². The zero-order chi connectivity index (χ0) is 10.4. The molecule has 0 amide bonds. The fourth-order valence-corrected chi connectivity index (χ4v) is 1.52. The highest BCUT2D eigenvalue weighted by molar-refractivity contribution is 9.09. The average Bonchev–Trinajstić information content (AvgIpc) is 2.20. The van der Waals surface area contributed by atoms with Crippen LogP contribution in [0.2, 0.25) is 5.02 Å². The van der Waals surface area contributed by atoms with E-state index in [1.54, 1.807) is 7.11 Å². The molecule has 14 heavy (non-hydrogen) atoms. The SMILES string of the molecule is COc1cc(Cl)ccc1C=CCCBr. The molecule has 0 aromatic heterocycles. The van der Waals surface area contributed by atoms with Gasteiger partial charge in [0.15, 0.2) is 0 Å². The van der Waals surface area contributed by atoms with Crippen LogP contribution in [0.25, 0.3) is 6.08 Å². The number of benzene rings is 1. The molecule has 1 aromatic carbocycles. The van der Waals surface area contributed by atoms with Crippen molar-refractivity contribution in [2.24, 2.45) is 0 Å². The van der Waals surface area contributed by atoms with E-state index >= 15 is 0 Å². The minimum Gasteiger partial charge on any atom is -0.496 e. The zero-order valence-corrected chi connectivity index (χ0v) is 10.3. The Bertz CT molecular complexity index is 323. The molecule has 0 saturated heterocycles. The molecular weight excluding hydrogens is 263 g/mol. The molecule has 76 valence electrons. The first-order chi connectivity index (χ1) is 6.77. The number of allylic oxidation sites excluding steroid dienone is 1. The number of hydrogen-bond donors (Lipinski definition) is 0. The summed E-state index contributed by atoms with van der Waals surface area (Å²) in [5, 5.41) is 1.67. The van der Waals surface area contributed by atoms with E-state index in [0.29, 0.717) is 5.02 Å². The molecule has 0 saturated carbocycles. The molecule has 0 spiro atoms. The summed E-state index contributed by atoms with van der Waals surface area (Å²) >= 11 is 9.21. The Labute approximate surface area is 97.9 Å². The summed E-state index contributed by atoms with van der Waals surface area (Å²) in [6.45, 7) is 0. The van der Waals surface area contributed by atoms with Crippen molar-refractivity contribution in [1.82, 2.24) is 0 Å². The molecule has 0 N–H and O–H groups in total. The van der Waals surface area contributed by atoms with Gasteiger partial charge in [0.05, 0.1) is 7.11 Å². The van der Waals surface area contributed by atoms with Crippen LogP contribution in [-0.4, -0.2) is 12.4 Å². The molecule has 0 radical (unpaired) electrons. The third-order valence-corrected chi connectivity index (χ3v) is 2.46. The summed E-state index contributed by atoms with van der Waals surface area (Å²) in [6, 6.07) is 5.62. The zero-order valence-electron chi connectivity index (χ0n) is 7.97. The predicted molar refractivity (Wildman–Crippen MR) is 65.4 cm³/mol. The number of halogens is 2. The lowest BCUT2D eigenvalue weighted by molar-refractivity contribution is 0.414. The van der Waals surface area contributed by atoms with Crippen LogP contribution in [0.1, 0.15) is 12.0 Å². The maximum atomic E-state index is 5.85. The van der Waals surface area contributed by atoms with Gasteiger partial charge in [-0.05, 0) is 24.6 Å². The van der Waals surface area contributed by atoms with Crippen molar-refractivity contribution in [2.75, 3.05) is 12.4 Å². The topological polar surface area (TPSA) is 9.23 Å². The molecule has 0 heterocycles. The number of ether oxygens (including phenoxy) is 1. The van der Waals surface area contributed by atoms with Crippen LogP contribution >= 0.6 is 27.5 Å². The van der Waals surface area contributed by atoms with E-state index in [-0.39, 0.29) is 0 Å². The maximum Gasteiger partial charge on any atom is 0.127 e. The summed E-state index contributed by atoms with van der Waals surface area (Å²) in [5.41, 5.74) is 1.05. The highest BCUT2D eigenvalue weighted by Gasteiger charge is 1.99. The van der Waals surface area contributed by atoms with Gasteiger partial charge in [0, 0.05) is 15.9 Å². The minimum absolute atomic E-state index is 0.694. The van der Waals surface area contributed by atoms with Gasteiger partial charge in [-0.1, -0.05) is 39.7 Å². The third kappa shape index (κ3) is 3.35. The van der Waals surface area contributed by atoms with Crippen molar-refractivity contribution in [3.8, 4) is 5.75 Å². The molecule has 1 aromatic rings. The van der Waals surface area contributed by atoms with Crippen LogP contribution in [0, 0.1) is 0 Å².